The second-order valence-electron chi connectivity index (χ2n) is 5.91. The Morgan fingerprint density at radius 2 is 1.68 bits per heavy atom. The van der Waals surface area contributed by atoms with E-state index in [-0.39, 0.29) is 17.3 Å². The highest BCUT2D eigenvalue weighted by Gasteiger charge is 2.22. The molecule has 2 N–H and O–H groups in total. The van der Waals surface area contributed by atoms with Gasteiger partial charge >= 0.3 is 0 Å². The van der Waals surface area contributed by atoms with Crippen molar-refractivity contribution in [1.29, 1.82) is 0 Å². The first kappa shape index (κ1) is 19.6. The van der Waals surface area contributed by atoms with Crippen molar-refractivity contribution in [2.45, 2.75) is 4.90 Å². The van der Waals surface area contributed by atoms with E-state index in [0.717, 1.165) is 22.5 Å². The number of benzene rings is 2. The van der Waals surface area contributed by atoms with Gasteiger partial charge in [0, 0.05) is 19.7 Å². The lowest BCUT2D eigenvalue weighted by molar-refractivity contribution is 0.0844. The first-order valence-corrected chi connectivity index (χ1v) is 9.36. The number of hydrogen-bond donors (Lipinski definition) is 2. The van der Waals surface area contributed by atoms with Crippen LogP contribution in [0.1, 0.15) is 20.7 Å². The Kier molecular flexibility index (Phi) is 5.21. The van der Waals surface area contributed by atoms with Crippen LogP contribution in [-0.4, -0.2) is 45.4 Å². The summed E-state index contributed by atoms with van der Waals surface area (Å²) < 4.78 is 49.5. The number of halogens is 1. The van der Waals surface area contributed by atoms with Crippen molar-refractivity contribution in [2.75, 3.05) is 20.9 Å². The van der Waals surface area contributed by atoms with Crippen molar-refractivity contribution in [3.05, 3.63) is 53.3 Å². The molecule has 9 nitrogen and oxygen atoms in total. The number of nitrogens with zero attached hydrogens (tertiary/aromatic N) is 1. The quantitative estimate of drug-likeness (QED) is 0.725. The van der Waals surface area contributed by atoms with Crippen LogP contribution in [0.25, 0.3) is 0 Å². The van der Waals surface area contributed by atoms with Gasteiger partial charge < -0.3 is 9.47 Å². The fourth-order valence-corrected chi connectivity index (χ4v) is 3.27. The zero-order valence-corrected chi connectivity index (χ0v) is 15.7. The molecule has 2 amide bonds. The van der Waals surface area contributed by atoms with E-state index in [1.165, 1.54) is 32.3 Å². The van der Waals surface area contributed by atoms with Gasteiger partial charge in [-0.3, -0.25) is 20.4 Å². The van der Waals surface area contributed by atoms with E-state index in [9.17, 15) is 22.4 Å². The summed E-state index contributed by atoms with van der Waals surface area (Å²) >= 11 is 0. The van der Waals surface area contributed by atoms with Crippen LogP contribution >= 0.6 is 0 Å². The van der Waals surface area contributed by atoms with E-state index in [1.54, 1.807) is 0 Å². The van der Waals surface area contributed by atoms with Crippen LogP contribution in [0.15, 0.2) is 41.3 Å². The molecule has 2 aromatic carbocycles. The lowest BCUT2D eigenvalue weighted by Gasteiger charge is -2.13. The molecule has 0 saturated carbocycles. The molecule has 148 valence electrons. The monoisotopic (exact) mass is 409 g/mol. The lowest BCUT2D eigenvalue weighted by Crippen LogP contribution is -2.42. The normalized spacial score (nSPS) is 12.7. The number of carbonyl (C=O) groups is 2. The molecule has 11 heteroatoms. The zero-order valence-electron chi connectivity index (χ0n) is 14.9. The molecule has 0 aliphatic carbocycles. The summed E-state index contributed by atoms with van der Waals surface area (Å²) in [5.74, 6) is -1.76. The maximum atomic E-state index is 14.0. The average Bonchev–Trinajstić information content (AvgIpc) is 3.13. The SMILES string of the molecule is CN(C)S(=O)(=O)c1ccc(F)c(C(=O)NNC(=O)c2ccc3c(c2)OCO3)c1. The Labute approximate surface area is 160 Å². The minimum atomic E-state index is -3.86. The van der Waals surface area contributed by atoms with Crippen LogP contribution in [0.3, 0.4) is 0 Å². The molecule has 0 spiro atoms. The molecule has 0 fully saturated rings. The number of fused-ring (bicyclic) bond motifs is 1. The summed E-state index contributed by atoms with van der Waals surface area (Å²) in [4.78, 5) is 24.1. The van der Waals surface area contributed by atoms with Gasteiger partial charge in [-0.1, -0.05) is 0 Å². The largest absolute Gasteiger partial charge is 0.454 e. The zero-order chi connectivity index (χ0) is 20.5. The molecular weight excluding hydrogens is 393 g/mol. The van der Waals surface area contributed by atoms with Crippen molar-refractivity contribution in [3.8, 4) is 11.5 Å². The number of sulfonamides is 1. The number of ether oxygens (including phenoxy) is 2. The van der Waals surface area contributed by atoms with Gasteiger partial charge in [-0.05, 0) is 36.4 Å². The molecular formula is C17H16FN3O6S. The van der Waals surface area contributed by atoms with Gasteiger partial charge in [0.15, 0.2) is 11.5 Å². The molecule has 3 rings (SSSR count). The van der Waals surface area contributed by atoms with Gasteiger partial charge in [-0.2, -0.15) is 0 Å². The fourth-order valence-electron chi connectivity index (χ4n) is 2.34. The van der Waals surface area contributed by atoms with E-state index in [4.69, 9.17) is 9.47 Å². The van der Waals surface area contributed by atoms with Gasteiger partial charge in [0.1, 0.15) is 5.82 Å². The molecule has 0 radical (unpaired) electrons. The molecule has 0 aromatic heterocycles. The Hall–Kier alpha value is -3.18. The number of rotatable bonds is 4. The third-order valence-corrected chi connectivity index (χ3v) is 5.70. The summed E-state index contributed by atoms with van der Waals surface area (Å²) in [6, 6.07) is 7.23. The molecule has 0 bridgehead atoms. The molecule has 0 unspecified atom stereocenters. The Morgan fingerprint density at radius 1 is 1.00 bits per heavy atom. The van der Waals surface area contributed by atoms with E-state index < -0.39 is 33.2 Å². The summed E-state index contributed by atoms with van der Waals surface area (Å²) in [5.41, 5.74) is 3.83. The second kappa shape index (κ2) is 7.44. The van der Waals surface area contributed by atoms with Crippen LogP contribution in [0.5, 0.6) is 11.5 Å². The smallest absolute Gasteiger partial charge is 0.272 e. The molecule has 2 aromatic rings. The Balaban J connectivity index is 1.73. The van der Waals surface area contributed by atoms with E-state index in [0.29, 0.717) is 11.5 Å². The maximum absolute atomic E-state index is 14.0. The molecule has 28 heavy (non-hydrogen) atoms. The summed E-state index contributed by atoms with van der Waals surface area (Å²) in [5, 5.41) is 0. The van der Waals surface area contributed by atoms with Crippen molar-refractivity contribution < 1.29 is 31.9 Å². The summed E-state index contributed by atoms with van der Waals surface area (Å²) in [6.45, 7) is 0.0443. The minimum absolute atomic E-state index is 0.0443. The average molecular weight is 409 g/mol. The number of nitrogens with one attached hydrogen (secondary N) is 2. The van der Waals surface area contributed by atoms with E-state index in [1.807, 2.05) is 0 Å². The van der Waals surface area contributed by atoms with Crippen LogP contribution in [0.4, 0.5) is 4.39 Å². The van der Waals surface area contributed by atoms with Gasteiger partial charge in [-0.15, -0.1) is 0 Å². The maximum Gasteiger partial charge on any atom is 0.272 e. The highest BCUT2D eigenvalue weighted by Crippen LogP contribution is 2.32. The van der Waals surface area contributed by atoms with E-state index >= 15 is 0 Å². The second-order valence-corrected chi connectivity index (χ2v) is 8.06. The predicted octanol–water partition coefficient (Wildman–Crippen LogP) is 0.879. The predicted molar refractivity (Wildman–Crippen MR) is 94.8 cm³/mol. The highest BCUT2D eigenvalue weighted by atomic mass is 32.2. The lowest BCUT2D eigenvalue weighted by atomic mass is 10.2. The van der Waals surface area contributed by atoms with Crippen LogP contribution in [0.2, 0.25) is 0 Å². The molecule has 1 aliphatic rings. The number of hydrogen-bond acceptors (Lipinski definition) is 6. The van der Waals surface area contributed by atoms with Crippen LogP contribution < -0.4 is 20.3 Å². The molecule has 0 atom stereocenters. The van der Waals surface area contributed by atoms with Gasteiger partial charge in [-0.25, -0.2) is 17.1 Å². The number of amides is 2. The molecule has 1 heterocycles. The van der Waals surface area contributed by atoms with Crippen LogP contribution in [0, 0.1) is 5.82 Å². The third-order valence-electron chi connectivity index (χ3n) is 3.89. The highest BCUT2D eigenvalue weighted by molar-refractivity contribution is 7.89. The first-order valence-electron chi connectivity index (χ1n) is 7.92. The molecule has 0 saturated heterocycles. The fraction of sp³-hybridized carbons (Fsp3) is 0.176. The van der Waals surface area contributed by atoms with Crippen molar-refractivity contribution in [1.82, 2.24) is 15.2 Å². The Morgan fingerprint density at radius 3 is 2.39 bits per heavy atom. The van der Waals surface area contributed by atoms with Gasteiger partial charge in [0.05, 0.1) is 10.5 Å². The minimum Gasteiger partial charge on any atom is -0.454 e. The number of hydrazine groups is 1. The van der Waals surface area contributed by atoms with Crippen molar-refractivity contribution in [2.24, 2.45) is 0 Å². The summed E-state index contributed by atoms with van der Waals surface area (Å²) in [7, 11) is -1.24. The van der Waals surface area contributed by atoms with E-state index in [2.05, 4.69) is 10.9 Å². The summed E-state index contributed by atoms with van der Waals surface area (Å²) in [6.07, 6.45) is 0. The first-order chi connectivity index (χ1) is 13.2. The van der Waals surface area contributed by atoms with Crippen LogP contribution in [-0.2, 0) is 10.0 Å². The third kappa shape index (κ3) is 3.75. The Bertz CT molecular complexity index is 1050. The standard InChI is InChI=1S/C17H16FN3O6S/c1-21(2)28(24,25)11-4-5-13(18)12(8-11)17(23)20-19-16(22)10-3-6-14-15(7-10)27-9-26-14/h3-8H,9H2,1-2H3,(H,19,22)(H,20,23). The van der Waals surface area contributed by atoms with Crippen molar-refractivity contribution in [3.63, 3.8) is 0 Å². The van der Waals surface area contributed by atoms with Crippen molar-refractivity contribution >= 4 is 21.8 Å². The van der Waals surface area contributed by atoms with Gasteiger partial charge in [0.25, 0.3) is 11.8 Å². The molecule has 1 aliphatic heterocycles. The van der Waals surface area contributed by atoms with Gasteiger partial charge in [0.2, 0.25) is 16.8 Å². The topological polar surface area (TPSA) is 114 Å². The number of carbonyl (C=O) groups excluding carboxylic acids is 2.